The van der Waals surface area contributed by atoms with Gasteiger partial charge in [-0.15, -0.1) is 0 Å². The van der Waals surface area contributed by atoms with E-state index in [1.807, 2.05) is 6.92 Å². The van der Waals surface area contributed by atoms with E-state index in [0.717, 1.165) is 6.61 Å². The van der Waals surface area contributed by atoms with Crippen molar-refractivity contribution in [1.29, 1.82) is 0 Å². The van der Waals surface area contributed by atoms with E-state index >= 15 is 0 Å². The van der Waals surface area contributed by atoms with Crippen LogP contribution in [0.2, 0.25) is 0 Å². The van der Waals surface area contributed by atoms with Crippen molar-refractivity contribution in [3.63, 3.8) is 0 Å². The van der Waals surface area contributed by atoms with E-state index in [0.29, 0.717) is 17.9 Å². The Morgan fingerprint density at radius 1 is 1.08 bits per heavy atom. The van der Waals surface area contributed by atoms with Gasteiger partial charge in [-0.05, 0) is 18.3 Å². The van der Waals surface area contributed by atoms with Crippen LogP contribution in [0.1, 0.15) is 34.6 Å². The van der Waals surface area contributed by atoms with Gasteiger partial charge < -0.3 is 9.47 Å². The number of hydrogen-bond donors (Lipinski definition) is 0. The number of hydrogen-bond acceptors (Lipinski definition) is 2. The molecule has 0 aliphatic heterocycles. The first-order chi connectivity index (χ1) is 5.88. The highest BCUT2D eigenvalue weighted by atomic mass is 16.5. The fraction of sp³-hybridized carbons (Fsp3) is 1.00. The Morgan fingerprint density at radius 2 is 1.62 bits per heavy atom. The van der Waals surface area contributed by atoms with E-state index in [1.54, 1.807) is 7.11 Å². The lowest BCUT2D eigenvalue weighted by Crippen LogP contribution is -2.26. The summed E-state index contributed by atoms with van der Waals surface area (Å²) in [5, 5.41) is 0. The molecule has 13 heavy (non-hydrogen) atoms. The van der Waals surface area contributed by atoms with Gasteiger partial charge in [0.1, 0.15) is 0 Å². The second-order valence-electron chi connectivity index (χ2n) is 4.87. The average Bonchev–Trinajstić information content (AvgIpc) is 1.99. The Bertz CT molecular complexity index is 127. The van der Waals surface area contributed by atoms with E-state index < -0.39 is 0 Å². The van der Waals surface area contributed by atoms with Gasteiger partial charge in [0, 0.05) is 7.11 Å². The van der Waals surface area contributed by atoms with Gasteiger partial charge in [0.15, 0.2) is 0 Å². The first kappa shape index (κ1) is 12.9. The molecule has 2 nitrogen and oxygen atoms in total. The molecule has 0 saturated heterocycles. The predicted octanol–water partition coefficient (Wildman–Crippen LogP) is 2.72. The minimum absolute atomic E-state index is 0.204. The molecule has 0 aliphatic carbocycles. The van der Waals surface area contributed by atoms with Crippen LogP contribution in [-0.4, -0.2) is 26.4 Å². The van der Waals surface area contributed by atoms with Crippen LogP contribution < -0.4 is 0 Å². The smallest absolute Gasteiger partial charge is 0.0780 e. The van der Waals surface area contributed by atoms with Gasteiger partial charge in [0.05, 0.1) is 19.3 Å². The highest BCUT2D eigenvalue weighted by Crippen LogP contribution is 2.25. The van der Waals surface area contributed by atoms with E-state index in [4.69, 9.17) is 9.47 Å². The van der Waals surface area contributed by atoms with E-state index in [1.165, 1.54) is 0 Å². The molecule has 0 rings (SSSR count). The maximum Gasteiger partial charge on any atom is 0.0780 e. The molecule has 2 atom stereocenters. The number of ether oxygens (including phenoxy) is 2. The fourth-order valence-corrected chi connectivity index (χ4v) is 0.841. The quantitative estimate of drug-likeness (QED) is 0.660. The van der Waals surface area contributed by atoms with Crippen molar-refractivity contribution in [2.24, 2.45) is 11.3 Å². The molecule has 2 heteroatoms. The molecular weight excluding hydrogens is 164 g/mol. The Labute approximate surface area is 82.6 Å². The van der Waals surface area contributed by atoms with Crippen LogP contribution in [0.5, 0.6) is 0 Å². The monoisotopic (exact) mass is 188 g/mol. The van der Waals surface area contributed by atoms with Gasteiger partial charge in [-0.1, -0.05) is 27.7 Å². The predicted molar refractivity (Wildman–Crippen MR) is 55.9 cm³/mol. The van der Waals surface area contributed by atoms with Crippen LogP contribution in [0.25, 0.3) is 0 Å². The molecule has 0 bridgehead atoms. The second kappa shape index (κ2) is 5.61. The Balaban J connectivity index is 3.63. The van der Waals surface area contributed by atoms with Crippen LogP contribution in [0.4, 0.5) is 0 Å². The van der Waals surface area contributed by atoms with Crippen molar-refractivity contribution in [2.75, 3.05) is 20.3 Å². The van der Waals surface area contributed by atoms with Crippen LogP contribution >= 0.6 is 0 Å². The summed E-state index contributed by atoms with van der Waals surface area (Å²) < 4.78 is 10.6. The van der Waals surface area contributed by atoms with Crippen molar-refractivity contribution in [3.8, 4) is 0 Å². The van der Waals surface area contributed by atoms with E-state index in [-0.39, 0.29) is 6.10 Å². The summed E-state index contributed by atoms with van der Waals surface area (Å²) >= 11 is 0. The molecule has 0 aromatic rings. The van der Waals surface area contributed by atoms with Gasteiger partial charge in [-0.3, -0.25) is 0 Å². The topological polar surface area (TPSA) is 18.5 Å². The minimum Gasteiger partial charge on any atom is -0.382 e. The fourth-order valence-electron chi connectivity index (χ4n) is 0.841. The first-order valence-electron chi connectivity index (χ1n) is 4.98. The lowest BCUT2D eigenvalue weighted by molar-refractivity contribution is -0.0204. The average molecular weight is 188 g/mol. The van der Waals surface area contributed by atoms with Gasteiger partial charge in [0.2, 0.25) is 0 Å². The second-order valence-corrected chi connectivity index (χ2v) is 4.87. The Morgan fingerprint density at radius 3 is 2.00 bits per heavy atom. The first-order valence-corrected chi connectivity index (χ1v) is 4.98. The summed E-state index contributed by atoms with van der Waals surface area (Å²) in [6.45, 7) is 12.5. The van der Waals surface area contributed by atoms with Crippen LogP contribution in [-0.2, 0) is 9.47 Å². The third kappa shape index (κ3) is 6.05. The number of methoxy groups -OCH3 is 1. The zero-order valence-corrected chi connectivity index (χ0v) is 9.89. The van der Waals surface area contributed by atoms with Crippen molar-refractivity contribution >= 4 is 0 Å². The zero-order chi connectivity index (χ0) is 10.5. The normalized spacial score (nSPS) is 17.1. The summed E-state index contributed by atoms with van der Waals surface area (Å²) in [5.74, 6) is 0.576. The van der Waals surface area contributed by atoms with Crippen LogP contribution in [0, 0.1) is 11.3 Å². The minimum atomic E-state index is 0.204. The molecule has 80 valence electrons. The third-order valence-electron chi connectivity index (χ3n) is 2.51. The molecule has 0 fully saturated rings. The summed E-state index contributed by atoms with van der Waals surface area (Å²) in [6.07, 6.45) is 0.204. The molecule has 0 aliphatic rings. The van der Waals surface area contributed by atoms with Gasteiger partial charge in [0.25, 0.3) is 0 Å². The van der Waals surface area contributed by atoms with E-state index in [2.05, 4.69) is 27.7 Å². The third-order valence-corrected chi connectivity index (χ3v) is 2.51. The molecule has 0 saturated carbocycles. The Kier molecular flexibility index (Phi) is 5.57. The highest BCUT2D eigenvalue weighted by molar-refractivity contribution is 4.69. The standard InChI is InChI=1S/C11H24O2/c1-9(11(3,4)5)7-13-10(2)8-12-6/h9-10H,7-8H2,1-6H3. The SMILES string of the molecule is COCC(C)OCC(C)C(C)(C)C. The zero-order valence-electron chi connectivity index (χ0n) is 9.89. The van der Waals surface area contributed by atoms with Crippen molar-refractivity contribution in [1.82, 2.24) is 0 Å². The molecule has 2 unspecified atom stereocenters. The van der Waals surface area contributed by atoms with E-state index in [9.17, 15) is 0 Å². The molecule has 0 radical (unpaired) electrons. The summed E-state index contributed by atoms with van der Waals surface area (Å²) in [6, 6.07) is 0. The highest BCUT2D eigenvalue weighted by Gasteiger charge is 2.20. The molecule has 0 N–H and O–H groups in total. The lowest BCUT2D eigenvalue weighted by atomic mass is 9.83. The lowest BCUT2D eigenvalue weighted by Gasteiger charge is -2.28. The maximum absolute atomic E-state index is 5.65. The number of rotatable bonds is 5. The molecule has 0 aromatic heterocycles. The van der Waals surface area contributed by atoms with Gasteiger partial charge >= 0.3 is 0 Å². The van der Waals surface area contributed by atoms with Crippen molar-refractivity contribution in [2.45, 2.75) is 40.7 Å². The van der Waals surface area contributed by atoms with Crippen molar-refractivity contribution in [3.05, 3.63) is 0 Å². The van der Waals surface area contributed by atoms with Gasteiger partial charge in [-0.2, -0.15) is 0 Å². The largest absolute Gasteiger partial charge is 0.382 e. The maximum atomic E-state index is 5.65. The molecular formula is C11H24O2. The van der Waals surface area contributed by atoms with Crippen LogP contribution in [0.3, 0.4) is 0 Å². The van der Waals surface area contributed by atoms with Crippen molar-refractivity contribution < 1.29 is 9.47 Å². The molecule has 0 spiro atoms. The Hall–Kier alpha value is -0.0800. The summed E-state index contributed by atoms with van der Waals surface area (Å²) in [4.78, 5) is 0. The summed E-state index contributed by atoms with van der Waals surface area (Å²) in [7, 11) is 1.70. The van der Waals surface area contributed by atoms with Crippen LogP contribution in [0.15, 0.2) is 0 Å². The molecule has 0 amide bonds. The summed E-state index contributed by atoms with van der Waals surface area (Å²) in [5.41, 5.74) is 0.326. The van der Waals surface area contributed by atoms with Gasteiger partial charge in [-0.25, -0.2) is 0 Å². The molecule has 0 heterocycles. The molecule has 0 aromatic carbocycles.